The molecule has 2 aliphatic rings. The smallest absolute Gasteiger partial charge is 0.334 e. The number of hydrogen-bond donors (Lipinski definition) is 0. The molecule has 0 aromatic rings. The Balaban J connectivity index is 2.21. The van der Waals surface area contributed by atoms with Crippen molar-refractivity contribution in [2.45, 2.75) is 78.9 Å². The highest BCUT2D eigenvalue weighted by molar-refractivity contribution is 5.91. The molecule has 6 heteroatoms. The number of hydrogen-bond acceptors (Lipinski definition) is 6. The number of rotatable bonds is 9. The van der Waals surface area contributed by atoms with E-state index in [0.717, 1.165) is 30.4 Å². The largest absolute Gasteiger partial charge is 0.466 e. The van der Waals surface area contributed by atoms with Crippen molar-refractivity contribution < 1.29 is 28.6 Å². The van der Waals surface area contributed by atoms with Gasteiger partial charge in [-0.2, -0.15) is 0 Å². The predicted molar refractivity (Wildman–Crippen MR) is 109 cm³/mol. The lowest BCUT2D eigenvalue weighted by atomic mass is 9.73. The summed E-state index contributed by atoms with van der Waals surface area (Å²) in [6.45, 7) is 13.8. The van der Waals surface area contributed by atoms with Gasteiger partial charge >= 0.3 is 17.9 Å². The molecule has 0 aromatic heterocycles. The Kier molecular flexibility index (Phi) is 8.05. The zero-order valence-corrected chi connectivity index (χ0v) is 18.3. The van der Waals surface area contributed by atoms with E-state index in [-0.39, 0.29) is 35.8 Å². The van der Waals surface area contributed by atoms with E-state index in [1.165, 1.54) is 6.92 Å². The molecule has 0 amide bonds. The molecule has 1 fully saturated rings. The van der Waals surface area contributed by atoms with E-state index in [0.29, 0.717) is 25.0 Å². The second-order valence-corrected chi connectivity index (χ2v) is 8.45. The van der Waals surface area contributed by atoms with Crippen LogP contribution in [-0.4, -0.2) is 36.7 Å². The van der Waals surface area contributed by atoms with Gasteiger partial charge in [-0.1, -0.05) is 39.3 Å². The van der Waals surface area contributed by atoms with Crippen molar-refractivity contribution in [3.63, 3.8) is 0 Å². The van der Waals surface area contributed by atoms with E-state index in [2.05, 4.69) is 13.5 Å². The van der Waals surface area contributed by atoms with Crippen molar-refractivity contribution in [2.24, 2.45) is 17.8 Å². The Hall–Kier alpha value is -2.11. The Morgan fingerprint density at radius 1 is 1.31 bits per heavy atom. The lowest BCUT2D eigenvalue weighted by Gasteiger charge is -2.37. The molecule has 2 rings (SSSR count). The summed E-state index contributed by atoms with van der Waals surface area (Å²) in [6.07, 6.45) is 2.51. The second-order valence-electron chi connectivity index (χ2n) is 8.45. The van der Waals surface area contributed by atoms with E-state index in [4.69, 9.17) is 14.2 Å². The van der Waals surface area contributed by atoms with Crippen LogP contribution < -0.4 is 0 Å². The average Bonchev–Trinajstić information content (AvgIpc) is 2.91. The molecule has 5 atom stereocenters. The maximum atomic E-state index is 12.6. The van der Waals surface area contributed by atoms with Crippen LogP contribution in [0.2, 0.25) is 0 Å². The highest BCUT2D eigenvalue weighted by atomic mass is 16.6. The van der Waals surface area contributed by atoms with Crippen molar-refractivity contribution in [3.8, 4) is 0 Å². The Labute approximate surface area is 173 Å². The highest BCUT2D eigenvalue weighted by Gasteiger charge is 2.50. The monoisotopic (exact) mass is 406 g/mol. The summed E-state index contributed by atoms with van der Waals surface area (Å²) in [5.41, 5.74) is 2.52. The quantitative estimate of drug-likeness (QED) is 0.188. The molecule has 1 heterocycles. The third-order valence-corrected chi connectivity index (χ3v) is 6.04. The third-order valence-electron chi connectivity index (χ3n) is 6.04. The first-order chi connectivity index (χ1) is 13.6. The minimum atomic E-state index is -0.534. The molecular weight excluding hydrogens is 372 g/mol. The molecule has 29 heavy (non-hydrogen) atoms. The van der Waals surface area contributed by atoms with Gasteiger partial charge in [0.25, 0.3) is 0 Å². The second kappa shape index (κ2) is 10.1. The molecule has 0 bridgehead atoms. The fourth-order valence-corrected chi connectivity index (χ4v) is 4.27. The molecule has 6 nitrogen and oxygen atoms in total. The van der Waals surface area contributed by atoms with Crippen LogP contribution in [0, 0.1) is 17.8 Å². The summed E-state index contributed by atoms with van der Waals surface area (Å²) in [5, 5.41) is 0. The number of fused-ring (bicyclic) bond motifs is 1. The van der Waals surface area contributed by atoms with E-state index in [1.807, 2.05) is 20.8 Å². The van der Waals surface area contributed by atoms with Gasteiger partial charge in [-0.3, -0.25) is 9.59 Å². The van der Waals surface area contributed by atoms with Crippen molar-refractivity contribution in [1.82, 2.24) is 0 Å². The van der Waals surface area contributed by atoms with Crippen molar-refractivity contribution in [3.05, 3.63) is 23.3 Å². The van der Waals surface area contributed by atoms with E-state index < -0.39 is 12.1 Å². The molecule has 1 aliphatic carbocycles. The molecule has 0 radical (unpaired) electrons. The van der Waals surface area contributed by atoms with Crippen LogP contribution in [0.5, 0.6) is 0 Å². The van der Waals surface area contributed by atoms with E-state index >= 15 is 0 Å². The normalized spacial score (nSPS) is 25.9. The molecule has 162 valence electrons. The summed E-state index contributed by atoms with van der Waals surface area (Å²) >= 11 is 0. The summed E-state index contributed by atoms with van der Waals surface area (Å²) in [7, 11) is 0. The number of ether oxygens (including phenoxy) is 3. The topological polar surface area (TPSA) is 78.9 Å². The van der Waals surface area contributed by atoms with Crippen LogP contribution in [0.3, 0.4) is 0 Å². The van der Waals surface area contributed by atoms with Crippen LogP contribution in [-0.2, 0) is 28.6 Å². The summed E-state index contributed by atoms with van der Waals surface area (Å²) in [6, 6.07) is 0. The maximum absolute atomic E-state index is 12.6. The fourth-order valence-electron chi connectivity index (χ4n) is 4.27. The zero-order valence-electron chi connectivity index (χ0n) is 18.3. The number of carbonyl (C=O) groups excluding carboxylic acids is 3. The van der Waals surface area contributed by atoms with Gasteiger partial charge in [0.05, 0.1) is 12.5 Å². The first-order valence-electron chi connectivity index (χ1n) is 10.6. The SMILES string of the molecule is C=C1C(=O)O[C@@H]2CC(C)=C([C@@H](C)CCCOC(C)=O)[C@@H](OC(=O)C[C@H](C)CC)[C@H]12. The van der Waals surface area contributed by atoms with Gasteiger partial charge in [-0.25, -0.2) is 4.79 Å². The Morgan fingerprint density at radius 3 is 2.62 bits per heavy atom. The maximum Gasteiger partial charge on any atom is 0.334 e. The van der Waals surface area contributed by atoms with Crippen molar-refractivity contribution in [1.29, 1.82) is 0 Å². The van der Waals surface area contributed by atoms with Crippen LogP contribution in [0.15, 0.2) is 23.3 Å². The summed E-state index contributed by atoms with van der Waals surface area (Å²) < 4.78 is 16.5. The zero-order chi connectivity index (χ0) is 21.7. The summed E-state index contributed by atoms with van der Waals surface area (Å²) in [4.78, 5) is 35.7. The van der Waals surface area contributed by atoms with Crippen LogP contribution >= 0.6 is 0 Å². The molecular formula is C23H34O6. The van der Waals surface area contributed by atoms with Crippen LogP contribution in [0.25, 0.3) is 0 Å². The van der Waals surface area contributed by atoms with Crippen LogP contribution in [0.4, 0.5) is 0 Å². The highest BCUT2D eigenvalue weighted by Crippen LogP contribution is 2.45. The third kappa shape index (κ3) is 5.71. The molecule has 0 aromatic carbocycles. The van der Waals surface area contributed by atoms with Crippen molar-refractivity contribution >= 4 is 17.9 Å². The van der Waals surface area contributed by atoms with Gasteiger partial charge in [0.2, 0.25) is 0 Å². The molecule has 0 saturated carbocycles. The summed E-state index contributed by atoms with van der Waals surface area (Å²) in [5.74, 6) is -0.923. The molecule has 1 aliphatic heterocycles. The Morgan fingerprint density at radius 2 is 2.00 bits per heavy atom. The molecule has 1 saturated heterocycles. The van der Waals surface area contributed by atoms with E-state index in [9.17, 15) is 14.4 Å². The predicted octanol–water partition coefficient (Wildman–Crippen LogP) is 4.13. The van der Waals surface area contributed by atoms with E-state index in [1.54, 1.807) is 0 Å². The van der Waals surface area contributed by atoms with Crippen LogP contribution in [0.1, 0.15) is 66.7 Å². The minimum absolute atomic E-state index is 0.122. The van der Waals surface area contributed by atoms with Gasteiger partial charge in [0, 0.05) is 25.3 Å². The average molecular weight is 407 g/mol. The van der Waals surface area contributed by atoms with Gasteiger partial charge in [-0.15, -0.1) is 0 Å². The molecule has 0 spiro atoms. The number of carbonyl (C=O) groups is 3. The van der Waals surface area contributed by atoms with Gasteiger partial charge in [-0.05, 0) is 37.2 Å². The lowest BCUT2D eigenvalue weighted by Crippen LogP contribution is -2.41. The van der Waals surface area contributed by atoms with Gasteiger partial charge in [0.15, 0.2) is 0 Å². The minimum Gasteiger partial charge on any atom is -0.466 e. The molecule has 0 unspecified atom stereocenters. The van der Waals surface area contributed by atoms with Gasteiger partial charge in [0.1, 0.15) is 12.2 Å². The van der Waals surface area contributed by atoms with Gasteiger partial charge < -0.3 is 14.2 Å². The van der Waals surface area contributed by atoms with Crippen molar-refractivity contribution in [2.75, 3.05) is 6.61 Å². The fraction of sp³-hybridized carbons (Fsp3) is 0.696. The lowest BCUT2D eigenvalue weighted by molar-refractivity contribution is -0.152. The Bertz CT molecular complexity index is 691. The number of esters is 3. The first-order valence-corrected chi connectivity index (χ1v) is 10.6. The molecule has 0 N–H and O–H groups in total. The first kappa shape index (κ1) is 23.2. The standard InChI is InChI=1S/C23H34O6/c1-7-13(2)11-19(25)29-22-20(14(3)9-8-10-27-17(6)24)15(4)12-18-21(22)16(5)23(26)28-18/h13-14,18,21-22H,5,7-12H2,1-4,6H3/t13-,14+,18-,21-,22-/m1/s1.